The number of likely N-dealkylation sites (N-methyl/N-ethyl adjacent to an activating group) is 1. The maximum atomic E-state index is 13.8. The molecule has 18 heavy (non-hydrogen) atoms. The van der Waals surface area contributed by atoms with Crippen LogP contribution in [0.3, 0.4) is 0 Å². The highest BCUT2D eigenvalue weighted by Gasteiger charge is 2.32. The molecular formula is C14H19ClFNO. The Labute approximate surface area is 112 Å². The highest BCUT2D eigenvalue weighted by Crippen LogP contribution is 2.27. The fourth-order valence-corrected chi connectivity index (χ4v) is 2.80. The predicted molar refractivity (Wildman–Crippen MR) is 71.5 cm³/mol. The van der Waals surface area contributed by atoms with E-state index in [1.807, 2.05) is 7.05 Å². The molecule has 2 nitrogen and oxygen atoms in total. The minimum Gasteiger partial charge on any atom is -0.376 e. The van der Waals surface area contributed by atoms with Gasteiger partial charge in [0.2, 0.25) is 0 Å². The summed E-state index contributed by atoms with van der Waals surface area (Å²) in [4.78, 5) is 0. The Hall–Kier alpha value is -0.640. The Morgan fingerprint density at radius 2 is 2.33 bits per heavy atom. The topological polar surface area (TPSA) is 21.3 Å². The SMILES string of the molecule is CNC(Cc1c(F)cccc1Cl)C1OCCC1C. The summed E-state index contributed by atoms with van der Waals surface area (Å²) in [5, 5.41) is 3.71. The van der Waals surface area contributed by atoms with Crippen LogP contribution in [0.15, 0.2) is 18.2 Å². The second-order valence-electron chi connectivity index (χ2n) is 4.90. The largest absolute Gasteiger partial charge is 0.376 e. The lowest BCUT2D eigenvalue weighted by Crippen LogP contribution is -2.42. The van der Waals surface area contributed by atoms with E-state index in [9.17, 15) is 4.39 Å². The first-order valence-corrected chi connectivity index (χ1v) is 6.73. The Bertz CT molecular complexity index is 393. The number of rotatable bonds is 4. The van der Waals surface area contributed by atoms with E-state index in [0.29, 0.717) is 22.9 Å². The van der Waals surface area contributed by atoms with Crippen molar-refractivity contribution in [2.24, 2.45) is 5.92 Å². The molecule has 4 heteroatoms. The van der Waals surface area contributed by atoms with E-state index in [1.165, 1.54) is 6.07 Å². The van der Waals surface area contributed by atoms with E-state index < -0.39 is 0 Å². The van der Waals surface area contributed by atoms with Gasteiger partial charge in [-0.1, -0.05) is 24.6 Å². The van der Waals surface area contributed by atoms with Crippen molar-refractivity contribution in [3.05, 3.63) is 34.6 Å². The molecule has 2 rings (SSSR count). The summed E-state index contributed by atoms with van der Waals surface area (Å²) in [6.45, 7) is 2.96. The highest BCUT2D eigenvalue weighted by atomic mass is 35.5. The molecule has 0 saturated carbocycles. The fraction of sp³-hybridized carbons (Fsp3) is 0.571. The second-order valence-corrected chi connectivity index (χ2v) is 5.31. The zero-order valence-corrected chi connectivity index (χ0v) is 11.5. The summed E-state index contributed by atoms with van der Waals surface area (Å²) in [5.41, 5.74) is 0.571. The first-order valence-electron chi connectivity index (χ1n) is 6.35. The van der Waals surface area contributed by atoms with Crippen LogP contribution >= 0.6 is 11.6 Å². The second kappa shape index (κ2) is 6.00. The van der Waals surface area contributed by atoms with Gasteiger partial charge in [-0.15, -0.1) is 0 Å². The normalized spacial score (nSPS) is 25.3. The van der Waals surface area contributed by atoms with Gasteiger partial charge in [0.15, 0.2) is 0 Å². The molecule has 3 unspecified atom stereocenters. The standard InChI is InChI=1S/C14H19ClFNO/c1-9-6-7-18-14(9)13(17-2)8-10-11(15)4-3-5-12(10)16/h3-5,9,13-14,17H,6-8H2,1-2H3. The molecule has 3 atom stereocenters. The Balaban J connectivity index is 2.15. The zero-order chi connectivity index (χ0) is 13.1. The molecular weight excluding hydrogens is 253 g/mol. The van der Waals surface area contributed by atoms with Gasteiger partial charge < -0.3 is 10.1 Å². The molecule has 1 aromatic rings. The van der Waals surface area contributed by atoms with Crippen LogP contribution in [0.4, 0.5) is 4.39 Å². The van der Waals surface area contributed by atoms with Gasteiger partial charge >= 0.3 is 0 Å². The summed E-state index contributed by atoms with van der Waals surface area (Å²) < 4.78 is 19.5. The average molecular weight is 272 g/mol. The van der Waals surface area contributed by atoms with E-state index >= 15 is 0 Å². The van der Waals surface area contributed by atoms with Crippen molar-refractivity contribution in [3.63, 3.8) is 0 Å². The van der Waals surface area contributed by atoms with Crippen molar-refractivity contribution in [1.82, 2.24) is 5.32 Å². The van der Waals surface area contributed by atoms with Crippen LogP contribution in [0.2, 0.25) is 5.02 Å². The molecule has 1 fully saturated rings. The number of halogens is 2. The van der Waals surface area contributed by atoms with Crippen LogP contribution in [0.1, 0.15) is 18.9 Å². The summed E-state index contributed by atoms with van der Waals surface area (Å²) in [7, 11) is 1.88. The molecule has 1 aliphatic heterocycles. The van der Waals surface area contributed by atoms with Gasteiger partial charge in [-0.2, -0.15) is 0 Å². The molecule has 1 aromatic carbocycles. The van der Waals surface area contributed by atoms with Gasteiger partial charge in [0.1, 0.15) is 5.82 Å². The molecule has 1 heterocycles. The molecule has 0 aliphatic carbocycles. The van der Waals surface area contributed by atoms with Crippen molar-refractivity contribution >= 4 is 11.6 Å². The molecule has 1 aliphatic rings. The number of ether oxygens (including phenoxy) is 1. The van der Waals surface area contributed by atoms with E-state index in [0.717, 1.165) is 13.0 Å². The van der Waals surface area contributed by atoms with Gasteiger partial charge in [0, 0.05) is 23.2 Å². The summed E-state index contributed by atoms with van der Waals surface area (Å²) in [6.07, 6.45) is 1.75. The fourth-order valence-electron chi connectivity index (χ4n) is 2.56. The lowest BCUT2D eigenvalue weighted by molar-refractivity contribution is 0.0632. The minimum absolute atomic E-state index is 0.0944. The average Bonchev–Trinajstić information content (AvgIpc) is 2.76. The van der Waals surface area contributed by atoms with Gasteiger partial charge in [0.25, 0.3) is 0 Å². The van der Waals surface area contributed by atoms with Gasteiger partial charge in [-0.3, -0.25) is 0 Å². The van der Waals surface area contributed by atoms with Gasteiger partial charge in [-0.25, -0.2) is 4.39 Å². The first kappa shape index (κ1) is 13.8. The summed E-state index contributed by atoms with van der Waals surface area (Å²) in [6, 6.07) is 4.90. The third-order valence-electron chi connectivity index (χ3n) is 3.70. The van der Waals surface area contributed by atoms with Crippen LogP contribution in [0, 0.1) is 11.7 Å². The molecule has 1 saturated heterocycles. The van der Waals surface area contributed by atoms with Gasteiger partial charge in [-0.05, 0) is 37.9 Å². The zero-order valence-electron chi connectivity index (χ0n) is 10.7. The Morgan fingerprint density at radius 3 is 2.89 bits per heavy atom. The number of hydrogen-bond donors (Lipinski definition) is 1. The lowest BCUT2D eigenvalue weighted by atomic mass is 9.93. The van der Waals surface area contributed by atoms with Crippen molar-refractivity contribution in [1.29, 1.82) is 0 Å². The first-order chi connectivity index (χ1) is 8.63. The lowest BCUT2D eigenvalue weighted by Gasteiger charge is -2.26. The Morgan fingerprint density at radius 1 is 1.56 bits per heavy atom. The van der Waals surface area contributed by atoms with Crippen molar-refractivity contribution in [3.8, 4) is 0 Å². The molecule has 0 radical (unpaired) electrons. The van der Waals surface area contributed by atoms with Crippen LogP contribution in [-0.2, 0) is 11.2 Å². The van der Waals surface area contributed by atoms with Crippen molar-refractivity contribution in [2.45, 2.75) is 31.9 Å². The van der Waals surface area contributed by atoms with E-state index in [2.05, 4.69) is 12.2 Å². The molecule has 100 valence electrons. The smallest absolute Gasteiger partial charge is 0.127 e. The Kier molecular flexibility index (Phi) is 4.60. The van der Waals surface area contributed by atoms with Crippen molar-refractivity contribution < 1.29 is 9.13 Å². The van der Waals surface area contributed by atoms with Crippen LogP contribution in [0.5, 0.6) is 0 Å². The monoisotopic (exact) mass is 271 g/mol. The summed E-state index contributed by atoms with van der Waals surface area (Å²) >= 11 is 6.07. The maximum absolute atomic E-state index is 13.8. The molecule has 1 N–H and O–H groups in total. The van der Waals surface area contributed by atoms with Gasteiger partial charge in [0.05, 0.1) is 6.10 Å². The maximum Gasteiger partial charge on any atom is 0.127 e. The van der Waals surface area contributed by atoms with Crippen molar-refractivity contribution in [2.75, 3.05) is 13.7 Å². The third-order valence-corrected chi connectivity index (χ3v) is 4.05. The highest BCUT2D eigenvalue weighted by molar-refractivity contribution is 6.31. The van der Waals surface area contributed by atoms with E-state index in [-0.39, 0.29) is 18.0 Å². The van der Waals surface area contributed by atoms with Crippen LogP contribution < -0.4 is 5.32 Å². The molecule has 0 aromatic heterocycles. The molecule has 0 amide bonds. The third kappa shape index (κ3) is 2.85. The van der Waals surface area contributed by atoms with E-state index in [1.54, 1.807) is 12.1 Å². The predicted octanol–water partition coefficient (Wildman–Crippen LogP) is 3.03. The quantitative estimate of drug-likeness (QED) is 0.909. The minimum atomic E-state index is -0.242. The molecule has 0 spiro atoms. The van der Waals surface area contributed by atoms with Crippen LogP contribution in [0.25, 0.3) is 0 Å². The molecule has 0 bridgehead atoms. The van der Waals surface area contributed by atoms with E-state index in [4.69, 9.17) is 16.3 Å². The number of hydrogen-bond acceptors (Lipinski definition) is 2. The van der Waals surface area contributed by atoms with Crippen LogP contribution in [-0.4, -0.2) is 25.8 Å². The summed E-state index contributed by atoms with van der Waals surface area (Å²) in [5.74, 6) is 0.251. The number of nitrogens with one attached hydrogen (secondary N) is 1. The number of benzene rings is 1.